The van der Waals surface area contributed by atoms with Gasteiger partial charge in [0.2, 0.25) is 0 Å². The molecule has 0 spiro atoms. The van der Waals surface area contributed by atoms with Crippen LogP contribution in [0.3, 0.4) is 0 Å². The van der Waals surface area contributed by atoms with Crippen LogP contribution in [0.15, 0.2) is 6.20 Å². The van der Waals surface area contributed by atoms with Crippen molar-refractivity contribution in [1.82, 2.24) is 20.3 Å². The van der Waals surface area contributed by atoms with Crippen LogP contribution < -0.4 is 5.32 Å². The lowest BCUT2D eigenvalue weighted by atomic mass is 10.1. The molecule has 0 saturated heterocycles. The molecule has 0 unspecified atom stereocenters. The Morgan fingerprint density at radius 1 is 1.35 bits per heavy atom. The zero-order valence-corrected chi connectivity index (χ0v) is 11.0. The van der Waals surface area contributed by atoms with Gasteiger partial charge < -0.3 is 10.3 Å². The predicted octanol–water partition coefficient (Wildman–Crippen LogP) is 2.18. The molecule has 0 aliphatic carbocycles. The summed E-state index contributed by atoms with van der Waals surface area (Å²) in [7, 11) is 1.95. The maximum Gasteiger partial charge on any atom is 0.141 e. The molecule has 92 valence electrons. The normalized spacial score (nSPS) is 11.6. The summed E-state index contributed by atoms with van der Waals surface area (Å²) in [5.41, 5.74) is 3.26. The molecule has 17 heavy (non-hydrogen) atoms. The second kappa shape index (κ2) is 4.84. The first-order chi connectivity index (χ1) is 8.11. The first-order valence-corrected chi connectivity index (χ1v) is 6.10. The number of H-pyrrole nitrogens is 1. The molecule has 0 bridgehead atoms. The van der Waals surface area contributed by atoms with Gasteiger partial charge in [-0.05, 0) is 25.5 Å². The first kappa shape index (κ1) is 12.0. The third-order valence-electron chi connectivity index (χ3n) is 2.80. The van der Waals surface area contributed by atoms with Gasteiger partial charge in [-0.1, -0.05) is 13.8 Å². The van der Waals surface area contributed by atoms with Gasteiger partial charge in [0.15, 0.2) is 0 Å². The highest BCUT2D eigenvalue weighted by molar-refractivity contribution is 5.82. The lowest BCUT2D eigenvalue weighted by molar-refractivity contribution is 0.621. The molecule has 0 radical (unpaired) electrons. The molecule has 2 heterocycles. The maximum absolute atomic E-state index is 4.60. The Hall–Kier alpha value is -1.42. The highest BCUT2D eigenvalue weighted by Crippen LogP contribution is 2.20. The van der Waals surface area contributed by atoms with Crippen molar-refractivity contribution in [2.75, 3.05) is 7.05 Å². The maximum atomic E-state index is 4.60. The van der Waals surface area contributed by atoms with Gasteiger partial charge in [0.25, 0.3) is 0 Å². The van der Waals surface area contributed by atoms with E-state index in [1.165, 1.54) is 5.56 Å². The molecule has 4 heteroatoms. The third-order valence-corrected chi connectivity index (χ3v) is 2.80. The summed E-state index contributed by atoms with van der Waals surface area (Å²) in [6.07, 6.45) is 2.94. The molecule has 2 aromatic rings. The van der Waals surface area contributed by atoms with E-state index in [1.54, 1.807) is 0 Å². The molecule has 0 aromatic carbocycles. The summed E-state index contributed by atoms with van der Waals surface area (Å²) in [5, 5.41) is 4.32. The van der Waals surface area contributed by atoms with Gasteiger partial charge in [-0.3, -0.25) is 0 Å². The van der Waals surface area contributed by atoms with Crippen LogP contribution in [0.25, 0.3) is 11.0 Å². The monoisotopic (exact) mass is 232 g/mol. The van der Waals surface area contributed by atoms with Crippen LogP contribution in [-0.4, -0.2) is 22.0 Å². The Morgan fingerprint density at radius 2 is 2.12 bits per heavy atom. The average molecular weight is 232 g/mol. The number of aryl methyl sites for hydroxylation is 1. The summed E-state index contributed by atoms with van der Waals surface area (Å²) in [6.45, 7) is 7.27. The molecule has 0 aliphatic heterocycles. The zero-order chi connectivity index (χ0) is 12.4. The minimum absolute atomic E-state index is 0.582. The summed E-state index contributed by atoms with van der Waals surface area (Å²) in [4.78, 5) is 12.4. The van der Waals surface area contributed by atoms with E-state index in [-0.39, 0.29) is 0 Å². The number of nitrogens with zero attached hydrogens (tertiary/aromatic N) is 2. The summed E-state index contributed by atoms with van der Waals surface area (Å²) in [5.74, 6) is 1.52. The van der Waals surface area contributed by atoms with Crippen molar-refractivity contribution >= 4 is 11.0 Å². The SMILES string of the molecule is CNCc1c[nH]c2nc(CC(C)C)nc(C)c12. The Kier molecular flexibility index (Phi) is 3.43. The van der Waals surface area contributed by atoms with E-state index in [1.807, 2.05) is 13.2 Å². The van der Waals surface area contributed by atoms with Crippen LogP contribution in [0.4, 0.5) is 0 Å². The first-order valence-electron chi connectivity index (χ1n) is 6.10. The van der Waals surface area contributed by atoms with Gasteiger partial charge in [0.1, 0.15) is 11.5 Å². The fraction of sp³-hybridized carbons (Fsp3) is 0.538. The second-order valence-corrected chi connectivity index (χ2v) is 4.89. The van der Waals surface area contributed by atoms with E-state index in [4.69, 9.17) is 0 Å². The minimum atomic E-state index is 0.582. The Labute approximate surface area is 102 Å². The fourth-order valence-corrected chi connectivity index (χ4v) is 2.13. The van der Waals surface area contributed by atoms with Gasteiger partial charge in [0, 0.05) is 24.5 Å². The van der Waals surface area contributed by atoms with E-state index < -0.39 is 0 Å². The molecule has 2 aromatic heterocycles. The van der Waals surface area contributed by atoms with Crippen LogP contribution in [-0.2, 0) is 13.0 Å². The number of aromatic amines is 1. The lowest BCUT2D eigenvalue weighted by Gasteiger charge is -2.06. The quantitative estimate of drug-likeness (QED) is 0.849. The van der Waals surface area contributed by atoms with E-state index in [2.05, 4.69) is 41.0 Å². The molecule has 0 saturated carbocycles. The third kappa shape index (κ3) is 2.47. The van der Waals surface area contributed by atoms with Gasteiger partial charge in [0.05, 0.1) is 5.69 Å². The molecule has 2 N–H and O–H groups in total. The fourth-order valence-electron chi connectivity index (χ4n) is 2.13. The van der Waals surface area contributed by atoms with E-state index in [0.717, 1.165) is 35.5 Å². The van der Waals surface area contributed by atoms with Crippen LogP contribution in [0.5, 0.6) is 0 Å². The Bertz CT molecular complexity index is 513. The van der Waals surface area contributed by atoms with E-state index in [9.17, 15) is 0 Å². The topological polar surface area (TPSA) is 53.6 Å². The molecule has 0 amide bonds. The molecular formula is C13H20N4. The minimum Gasteiger partial charge on any atom is -0.346 e. The predicted molar refractivity (Wildman–Crippen MR) is 69.9 cm³/mol. The van der Waals surface area contributed by atoms with Crippen molar-refractivity contribution in [3.63, 3.8) is 0 Å². The molecule has 4 nitrogen and oxygen atoms in total. The van der Waals surface area contributed by atoms with Gasteiger partial charge in [-0.15, -0.1) is 0 Å². The van der Waals surface area contributed by atoms with Gasteiger partial charge >= 0.3 is 0 Å². The lowest BCUT2D eigenvalue weighted by Crippen LogP contribution is -2.06. The van der Waals surface area contributed by atoms with E-state index >= 15 is 0 Å². The van der Waals surface area contributed by atoms with Gasteiger partial charge in [-0.25, -0.2) is 9.97 Å². The second-order valence-electron chi connectivity index (χ2n) is 4.89. The smallest absolute Gasteiger partial charge is 0.141 e. The van der Waals surface area contributed by atoms with Crippen molar-refractivity contribution in [3.8, 4) is 0 Å². The van der Waals surface area contributed by atoms with Crippen LogP contribution in [0.1, 0.15) is 30.9 Å². The number of nitrogens with one attached hydrogen (secondary N) is 2. The van der Waals surface area contributed by atoms with Crippen LogP contribution >= 0.6 is 0 Å². The largest absolute Gasteiger partial charge is 0.346 e. The van der Waals surface area contributed by atoms with Crippen molar-refractivity contribution in [3.05, 3.63) is 23.3 Å². The average Bonchev–Trinajstić information content (AvgIpc) is 2.61. The number of aromatic nitrogens is 3. The molecule has 0 fully saturated rings. The number of hydrogen-bond acceptors (Lipinski definition) is 3. The zero-order valence-electron chi connectivity index (χ0n) is 11.0. The standard InChI is InChI=1S/C13H20N4/c1-8(2)5-11-16-9(3)12-10(6-14-4)7-15-13(12)17-11/h7-8,14H,5-6H2,1-4H3,(H,15,16,17). The summed E-state index contributed by atoms with van der Waals surface area (Å²) in [6, 6.07) is 0. The summed E-state index contributed by atoms with van der Waals surface area (Å²) < 4.78 is 0. The number of rotatable bonds is 4. The van der Waals surface area contributed by atoms with Crippen molar-refractivity contribution in [1.29, 1.82) is 0 Å². The van der Waals surface area contributed by atoms with Crippen molar-refractivity contribution < 1.29 is 0 Å². The Balaban J connectivity index is 2.46. The summed E-state index contributed by atoms with van der Waals surface area (Å²) >= 11 is 0. The molecular weight excluding hydrogens is 212 g/mol. The molecule has 0 aliphatic rings. The highest BCUT2D eigenvalue weighted by Gasteiger charge is 2.11. The highest BCUT2D eigenvalue weighted by atomic mass is 15.0. The van der Waals surface area contributed by atoms with Gasteiger partial charge in [-0.2, -0.15) is 0 Å². The van der Waals surface area contributed by atoms with Crippen molar-refractivity contribution in [2.45, 2.75) is 33.7 Å². The van der Waals surface area contributed by atoms with Crippen molar-refractivity contribution in [2.24, 2.45) is 5.92 Å². The Morgan fingerprint density at radius 3 is 2.76 bits per heavy atom. The molecule has 2 rings (SSSR count). The number of hydrogen-bond donors (Lipinski definition) is 2. The van der Waals surface area contributed by atoms with Crippen LogP contribution in [0, 0.1) is 12.8 Å². The van der Waals surface area contributed by atoms with E-state index in [0.29, 0.717) is 5.92 Å². The number of fused-ring (bicyclic) bond motifs is 1. The molecule has 0 atom stereocenters. The van der Waals surface area contributed by atoms with Crippen LogP contribution in [0.2, 0.25) is 0 Å².